The zero-order valence-electron chi connectivity index (χ0n) is 21.2. The Balaban J connectivity index is 1.61. The third-order valence-corrected chi connectivity index (χ3v) is 6.68. The van der Waals surface area contributed by atoms with Gasteiger partial charge in [0.25, 0.3) is 0 Å². The molecule has 0 saturated heterocycles. The van der Waals surface area contributed by atoms with E-state index in [1.807, 2.05) is 52.8 Å². The molecular weight excluding hydrogens is 472 g/mol. The van der Waals surface area contributed by atoms with Gasteiger partial charge in [-0.2, -0.15) is 10.3 Å². The van der Waals surface area contributed by atoms with Crippen LogP contribution in [-0.2, 0) is 11.2 Å². The lowest BCUT2D eigenvalue weighted by Gasteiger charge is -2.24. The number of ether oxygens (including phenoxy) is 2. The predicted octanol–water partition coefficient (Wildman–Crippen LogP) is 6.96. The van der Waals surface area contributed by atoms with E-state index in [-0.39, 0.29) is 12.0 Å². The lowest BCUT2D eigenvalue weighted by Crippen LogP contribution is -2.22. The fourth-order valence-corrected chi connectivity index (χ4v) is 5.13. The fraction of sp³-hybridized carbons (Fsp3) is 0.393. The van der Waals surface area contributed by atoms with Gasteiger partial charge < -0.3 is 9.47 Å². The molecule has 0 fully saturated rings. The Labute approximate surface area is 215 Å². The molecule has 1 amide bonds. The molecule has 8 heteroatoms. The molecule has 0 radical (unpaired) electrons. The van der Waals surface area contributed by atoms with Crippen LogP contribution in [0.15, 0.2) is 41.4 Å². The van der Waals surface area contributed by atoms with Gasteiger partial charge in [-0.15, -0.1) is 10.2 Å². The Hall–Kier alpha value is -3.57. The molecule has 1 unspecified atom stereocenters. The van der Waals surface area contributed by atoms with Crippen LogP contribution in [0.4, 0.5) is 4.79 Å². The smallest absolute Gasteiger partial charge is 0.433 e. The first kappa shape index (κ1) is 25.5. The minimum absolute atomic E-state index is 0.0154. The van der Waals surface area contributed by atoms with Crippen LogP contribution in [-0.4, -0.2) is 34.2 Å². The number of aliphatic imine (C=N–C) groups is 1. The summed E-state index contributed by atoms with van der Waals surface area (Å²) in [4.78, 5) is 16.2. The number of amides is 1. The molecule has 1 aliphatic carbocycles. The molecule has 0 saturated carbocycles. The summed E-state index contributed by atoms with van der Waals surface area (Å²) in [5.41, 5.74) is 4.15. The van der Waals surface area contributed by atoms with E-state index in [0.717, 1.165) is 46.0 Å². The van der Waals surface area contributed by atoms with Gasteiger partial charge in [0.1, 0.15) is 27.4 Å². The van der Waals surface area contributed by atoms with Crippen molar-refractivity contribution < 1.29 is 14.3 Å². The number of carbonyl (C=O) groups is 1. The van der Waals surface area contributed by atoms with Crippen molar-refractivity contribution in [3.8, 4) is 33.0 Å². The number of nitriles is 1. The minimum Gasteiger partial charge on any atom is -0.490 e. The standard InChI is InChI=1S/C28H30N4O3S/c1-17(2)34-24-13-12-18(14-20(24)15-29)25-31-32-26(36-25)23-11-7-9-21-19(8-6-10-22(21)23)16-30-27(33)35-28(3,4)5/h7,9,11-14,16-17,19H,6,8,10H2,1-5H3/b30-16+. The molecule has 4 rings (SSSR count). The number of hydrogen-bond donors (Lipinski definition) is 0. The SMILES string of the molecule is CC(C)Oc1ccc(-c2nnc(-c3cccc4c3CCCC4/C=N/C(=O)OC(C)(C)C)s2)cc1C#N. The number of aromatic nitrogens is 2. The van der Waals surface area contributed by atoms with E-state index in [4.69, 9.17) is 9.47 Å². The average Bonchev–Trinajstić information content (AvgIpc) is 3.31. The molecule has 0 aliphatic heterocycles. The molecule has 1 aliphatic rings. The number of fused-ring (bicyclic) bond motifs is 1. The van der Waals surface area contributed by atoms with Crippen molar-refractivity contribution in [2.45, 2.75) is 71.5 Å². The van der Waals surface area contributed by atoms with Crippen LogP contribution in [0.25, 0.3) is 21.1 Å². The van der Waals surface area contributed by atoms with Crippen LogP contribution < -0.4 is 4.74 Å². The third-order valence-electron chi connectivity index (χ3n) is 5.67. The summed E-state index contributed by atoms with van der Waals surface area (Å²) in [6, 6.07) is 13.9. The van der Waals surface area contributed by atoms with Crippen molar-refractivity contribution in [3.05, 3.63) is 53.1 Å². The largest absolute Gasteiger partial charge is 0.490 e. The second kappa shape index (κ2) is 10.6. The van der Waals surface area contributed by atoms with Gasteiger partial charge in [0.15, 0.2) is 0 Å². The lowest BCUT2D eigenvalue weighted by atomic mass is 9.81. The Morgan fingerprint density at radius 1 is 1.22 bits per heavy atom. The van der Waals surface area contributed by atoms with Gasteiger partial charge >= 0.3 is 6.09 Å². The first-order valence-electron chi connectivity index (χ1n) is 12.1. The number of nitrogens with zero attached hydrogens (tertiary/aromatic N) is 4. The van der Waals surface area contributed by atoms with Gasteiger partial charge in [-0.05, 0) is 83.2 Å². The van der Waals surface area contributed by atoms with Gasteiger partial charge in [0.05, 0.1) is 11.7 Å². The quantitative estimate of drug-likeness (QED) is 0.350. The number of hydrogen-bond acceptors (Lipinski definition) is 7. The van der Waals surface area contributed by atoms with Crippen LogP contribution in [0.2, 0.25) is 0 Å². The molecule has 1 atom stereocenters. The Morgan fingerprint density at radius 2 is 2.00 bits per heavy atom. The van der Waals surface area contributed by atoms with E-state index in [1.165, 1.54) is 16.9 Å². The Bertz CT molecular complexity index is 1330. The zero-order chi connectivity index (χ0) is 25.9. The maximum Gasteiger partial charge on any atom is 0.433 e. The van der Waals surface area contributed by atoms with Crippen molar-refractivity contribution in [2.75, 3.05) is 0 Å². The van der Waals surface area contributed by atoms with Crippen LogP contribution in [0.3, 0.4) is 0 Å². The molecule has 7 nitrogen and oxygen atoms in total. The summed E-state index contributed by atoms with van der Waals surface area (Å²) >= 11 is 1.50. The van der Waals surface area contributed by atoms with Crippen molar-refractivity contribution >= 4 is 23.6 Å². The van der Waals surface area contributed by atoms with Gasteiger partial charge in [-0.25, -0.2) is 4.79 Å². The highest BCUT2D eigenvalue weighted by atomic mass is 32.1. The first-order valence-corrected chi connectivity index (χ1v) is 12.9. The van der Waals surface area contributed by atoms with Gasteiger partial charge in [-0.1, -0.05) is 29.5 Å². The summed E-state index contributed by atoms with van der Waals surface area (Å²) < 4.78 is 11.1. The van der Waals surface area contributed by atoms with Crippen molar-refractivity contribution in [1.29, 1.82) is 5.26 Å². The molecule has 1 aromatic heterocycles. The predicted molar refractivity (Wildman–Crippen MR) is 142 cm³/mol. The summed E-state index contributed by atoms with van der Waals surface area (Å²) in [7, 11) is 0. The summed E-state index contributed by atoms with van der Waals surface area (Å²) in [6.07, 6.45) is 3.97. The number of benzene rings is 2. The molecule has 3 aromatic rings. The summed E-state index contributed by atoms with van der Waals surface area (Å²) in [5.74, 6) is 0.609. The van der Waals surface area contributed by atoms with Crippen LogP contribution >= 0.6 is 11.3 Å². The highest BCUT2D eigenvalue weighted by Gasteiger charge is 2.24. The van der Waals surface area contributed by atoms with Crippen molar-refractivity contribution in [1.82, 2.24) is 10.2 Å². The Kier molecular flexibility index (Phi) is 7.51. The van der Waals surface area contributed by atoms with Crippen LogP contribution in [0.5, 0.6) is 5.75 Å². The molecule has 0 bridgehead atoms. The van der Waals surface area contributed by atoms with E-state index in [9.17, 15) is 10.1 Å². The molecule has 0 N–H and O–H groups in total. The average molecular weight is 503 g/mol. The van der Waals surface area contributed by atoms with Crippen LogP contribution in [0, 0.1) is 11.3 Å². The van der Waals surface area contributed by atoms with E-state index in [0.29, 0.717) is 11.3 Å². The van der Waals surface area contributed by atoms with Crippen molar-refractivity contribution in [3.63, 3.8) is 0 Å². The second-order valence-electron chi connectivity index (χ2n) is 10.0. The highest BCUT2D eigenvalue weighted by molar-refractivity contribution is 7.17. The monoisotopic (exact) mass is 502 g/mol. The van der Waals surface area contributed by atoms with Gasteiger partial charge in [-0.3, -0.25) is 0 Å². The zero-order valence-corrected chi connectivity index (χ0v) is 22.1. The lowest BCUT2D eigenvalue weighted by molar-refractivity contribution is 0.0604. The normalized spacial score (nSPS) is 15.5. The maximum absolute atomic E-state index is 12.1. The molecule has 2 aromatic carbocycles. The van der Waals surface area contributed by atoms with E-state index < -0.39 is 11.7 Å². The van der Waals surface area contributed by atoms with Crippen LogP contribution in [0.1, 0.15) is 70.1 Å². The topological polar surface area (TPSA) is 97.5 Å². The highest BCUT2D eigenvalue weighted by Crippen LogP contribution is 2.39. The third kappa shape index (κ3) is 5.97. The summed E-state index contributed by atoms with van der Waals surface area (Å²) in [6.45, 7) is 9.34. The van der Waals surface area contributed by atoms with Crippen molar-refractivity contribution in [2.24, 2.45) is 4.99 Å². The Morgan fingerprint density at radius 3 is 2.72 bits per heavy atom. The van der Waals surface area contributed by atoms with E-state index in [2.05, 4.69) is 33.4 Å². The molecule has 0 spiro atoms. The first-order chi connectivity index (χ1) is 17.1. The number of carbonyl (C=O) groups excluding carboxylic acids is 1. The van der Waals surface area contributed by atoms with E-state index >= 15 is 0 Å². The molecule has 1 heterocycles. The molecular formula is C28H30N4O3S. The maximum atomic E-state index is 12.1. The van der Waals surface area contributed by atoms with Gasteiger partial charge in [0, 0.05) is 23.3 Å². The number of rotatable bonds is 5. The van der Waals surface area contributed by atoms with Gasteiger partial charge in [0.2, 0.25) is 0 Å². The second-order valence-corrected chi connectivity index (χ2v) is 11.0. The summed E-state index contributed by atoms with van der Waals surface area (Å²) in [5, 5.41) is 20.0. The minimum atomic E-state index is -0.572. The van der Waals surface area contributed by atoms with E-state index in [1.54, 1.807) is 12.3 Å². The fourth-order valence-electron chi connectivity index (χ4n) is 4.24. The molecule has 186 valence electrons. The molecule has 36 heavy (non-hydrogen) atoms.